The predicted molar refractivity (Wildman–Crippen MR) is 135 cm³/mol. The normalized spacial score (nSPS) is 14.9. The molecule has 12 heteroatoms. The maximum absolute atomic E-state index is 14.0. The summed E-state index contributed by atoms with van der Waals surface area (Å²) in [7, 11) is -4.56. The molecule has 0 aliphatic carbocycles. The van der Waals surface area contributed by atoms with E-state index in [4.69, 9.17) is 11.6 Å². The number of Topliss-reactive ketones (excluding diaryl/α,β-unsaturated/α-hetero) is 1. The molecule has 3 aromatic rings. The number of carbonyl (C=O) groups is 2. The van der Waals surface area contributed by atoms with Crippen molar-refractivity contribution in [1.29, 1.82) is 0 Å². The largest absolute Gasteiger partial charge is 0.417 e. The van der Waals surface area contributed by atoms with Gasteiger partial charge in [0.25, 0.3) is 5.91 Å². The molecule has 0 bridgehead atoms. The minimum Gasteiger partial charge on any atom is -0.338 e. The van der Waals surface area contributed by atoms with Gasteiger partial charge in [-0.2, -0.15) is 13.2 Å². The van der Waals surface area contributed by atoms with Crippen molar-refractivity contribution in [2.45, 2.75) is 36.9 Å². The molecular weight excluding hydrogens is 543 g/mol. The number of aromatic nitrogens is 1. The Morgan fingerprint density at radius 1 is 1.05 bits per heavy atom. The van der Waals surface area contributed by atoms with Gasteiger partial charge in [0.1, 0.15) is 5.15 Å². The van der Waals surface area contributed by atoms with E-state index in [1.807, 2.05) is 0 Å². The van der Waals surface area contributed by atoms with E-state index in [1.165, 1.54) is 48.4 Å². The number of carbonyl (C=O) groups excluding carboxylic acids is 2. The quantitative estimate of drug-likeness (QED) is 0.327. The molecule has 2 aromatic carbocycles. The molecule has 0 saturated carbocycles. The molecule has 2 heterocycles. The van der Waals surface area contributed by atoms with E-state index in [9.17, 15) is 31.2 Å². The molecule has 4 rings (SSSR count). The van der Waals surface area contributed by atoms with Crippen molar-refractivity contribution < 1.29 is 31.2 Å². The van der Waals surface area contributed by atoms with E-state index >= 15 is 0 Å². The van der Waals surface area contributed by atoms with Crippen LogP contribution in [0.3, 0.4) is 0 Å². The number of ketones is 1. The van der Waals surface area contributed by atoms with Gasteiger partial charge in [-0.25, -0.2) is 18.1 Å². The number of amides is 1. The molecule has 7 nitrogen and oxygen atoms in total. The Labute approximate surface area is 222 Å². The van der Waals surface area contributed by atoms with Crippen molar-refractivity contribution in [2.75, 3.05) is 13.1 Å². The first-order chi connectivity index (χ1) is 17.9. The summed E-state index contributed by atoms with van der Waals surface area (Å²) in [5, 5.41) is 0.240. The Kier molecular flexibility index (Phi) is 7.91. The van der Waals surface area contributed by atoms with E-state index in [1.54, 1.807) is 12.1 Å². The fraction of sp³-hybridized carbons (Fsp3) is 0.269. The van der Waals surface area contributed by atoms with Gasteiger partial charge in [-0.05, 0) is 55.2 Å². The minimum atomic E-state index is -4.96. The molecule has 1 fully saturated rings. The van der Waals surface area contributed by atoms with Gasteiger partial charge in [-0.3, -0.25) is 9.59 Å². The van der Waals surface area contributed by atoms with Crippen LogP contribution >= 0.6 is 11.6 Å². The summed E-state index contributed by atoms with van der Waals surface area (Å²) in [5.74, 6) is -0.624. The van der Waals surface area contributed by atoms with E-state index in [-0.39, 0.29) is 59.5 Å². The second-order valence-corrected chi connectivity index (χ2v) is 10.9. The molecule has 0 unspecified atom stereocenters. The third kappa shape index (κ3) is 6.06. The van der Waals surface area contributed by atoms with Crippen molar-refractivity contribution in [3.63, 3.8) is 0 Å². The maximum Gasteiger partial charge on any atom is 0.417 e. The summed E-state index contributed by atoms with van der Waals surface area (Å²) in [5.41, 5.74) is -0.427. The number of nitrogens with zero attached hydrogens (tertiary/aromatic N) is 2. The Morgan fingerprint density at radius 2 is 1.74 bits per heavy atom. The summed E-state index contributed by atoms with van der Waals surface area (Å²) < 4.78 is 70.6. The highest BCUT2D eigenvalue weighted by Gasteiger charge is 2.38. The molecule has 200 valence electrons. The number of piperidine rings is 1. The third-order valence-electron chi connectivity index (χ3n) is 6.27. The molecule has 1 aromatic heterocycles. The second-order valence-electron chi connectivity index (χ2n) is 8.87. The summed E-state index contributed by atoms with van der Waals surface area (Å²) >= 11 is 5.75. The van der Waals surface area contributed by atoms with Crippen LogP contribution in [0, 0.1) is 0 Å². The van der Waals surface area contributed by atoms with Gasteiger partial charge in [-0.1, -0.05) is 41.9 Å². The van der Waals surface area contributed by atoms with Crippen LogP contribution < -0.4 is 4.72 Å². The highest BCUT2D eigenvalue weighted by atomic mass is 35.5. The lowest BCUT2D eigenvalue weighted by Gasteiger charge is -2.32. The van der Waals surface area contributed by atoms with Crippen LogP contribution in [-0.4, -0.2) is 49.1 Å². The summed E-state index contributed by atoms with van der Waals surface area (Å²) in [6.45, 7) is 1.72. The highest BCUT2D eigenvalue weighted by molar-refractivity contribution is 7.89. The lowest BCUT2D eigenvalue weighted by atomic mass is 9.96. The summed E-state index contributed by atoms with van der Waals surface area (Å²) in [6.07, 6.45) is -3.18. The topological polar surface area (TPSA) is 96.4 Å². The van der Waals surface area contributed by atoms with Gasteiger partial charge >= 0.3 is 6.18 Å². The monoisotopic (exact) mass is 565 g/mol. The predicted octanol–water partition coefficient (Wildman–Crippen LogP) is 5.21. The van der Waals surface area contributed by atoms with Crippen molar-refractivity contribution in [3.05, 3.63) is 82.6 Å². The van der Waals surface area contributed by atoms with Crippen molar-refractivity contribution >= 4 is 33.3 Å². The van der Waals surface area contributed by atoms with Gasteiger partial charge in [-0.15, -0.1) is 0 Å². The first kappa shape index (κ1) is 27.7. The SMILES string of the molecule is CC(=O)c1ccccc1-c1ccc(S(=O)(=O)NC2CCN(C(=O)c3ccc(Cl)nc3)CC2)c(C(F)(F)F)c1. The average molecular weight is 566 g/mol. The highest BCUT2D eigenvalue weighted by Crippen LogP contribution is 2.38. The fourth-order valence-electron chi connectivity index (χ4n) is 4.36. The van der Waals surface area contributed by atoms with Crippen LogP contribution in [0.5, 0.6) is 0 Å². The zero-order chi connectivity index (χ0) is 27.7. The number of pyridine rings is 1. The van der Waals surface area contributed by atoms with Crippen LogP contribution in [0.25, 0.3) is 11.1 Å². The first-order valence-corrected chi connectivity index (χ1v) is 13.5. The van der Waals surface area contributed by atoms with E-state index in [0.717, 1.165) is 12.1 Å². The number of sulfonamides is 1. The fourth-order valence-corrected chi connectivity index (χ4v) is 5.99. The number of benzene rings is 2. The number of hydrogen-bond acceptors (Lipinski definition) is 5. The lowest BCUT2D eigenvalue weighted by Crippen LogP contribution is -2.46. The number of hydrogen-bond donors (Lipinski definition) is 1. The van der Waals surface area contributed by atoms with Gasteiger partial charge in [0.05, 0.1) is 16.0 Å². The summed E-state index contributed by atoms with van der Waals surface area (Å²) in [4.78, 5) is 29.1. The molecule has 0 atom stereocenters. The van der Waals surface area contributed by atoms with Crippen LogP contribution in [0.4, 0.5) is 13.2 Å². The Morgan fingerprint density at radius 3 is 2.34 bits per heavy atom. The van der Waals surface area contributed by atoms with Gasteiger partial charge < -0.3 is 4.90 Å². The van der Waals surface area contributed by atoms with E-state index < -0.39 is 32.7 Å². The van der Waals surface area contributed by atoms with Crippen LogP contribution in [-0.2, 0) is 16.2 Å². The minimum absolute atomic E-state index is 0.0746. The maximum atomic E-state index is 14.0. The zero-order valence-electron chi connectivity index (χ0n) is 20.1. The molecule has 1 N–H and O–H groups in total. The van der Waals surface area contributed by atoms with Gasteiger partial charge in [0.15, 0.2) is 5.78 Å². The second kappa shape index (κ2) is 10.8. The van der Waals surface area contributed by atoms with Crippen molar-refractivity contribution in [3.8, 4) is 11.1 Å². The number of alkyl halides is 3. The van der Waals surface area contributed by atoms with Crippen molar-refractivity contribution in [2.24, 2.45) is 0 Å². The average Bonchev–Trinajstić information content (AvgIpc) is 2.88. The Balaban J connectivity index is 1.54. The van der Waals surface area contributed by atoms with Crippen molar-refractivity contribution in [1.82, 2.24) is 14.6 Å². The Hall–Kier alpha value is -3.28. The zero-order valence-corrected chi connectivity index (χ0v) is 21.7. The van der Waals surface area contributed by atoms with Crippen LogP contribution in [0.15, 0.2) is 65.7 Å². The molecular formula is C26H23ClF3N3O4S. The molecule has 38 heavy (non-hydrogen) atoms. The number of nitrogens with one attached hydrogen (secondary N) is 1. The van der Waals surface area contributed by atoms with E-state index in [0.29, 0.717) is 5.56 Å². The standard InChI is InChI=1S/C26H23ClF3N3O4S/c1-16(34)20-4-2-3-5-21(20)17-6-8-23(22(14-17)26(28,29)30)38(36,37)32-19-10-12-33(13-11-19)25(35)18-7-9-24(27)31-15-18/h2-9,14-15,19,32H,10-13H2,1H3. The van der Waals surface area contributed by atoms with Gasteiger partial charge in [0, 0.05) is 30.9 Å². The molecule has 1 aliphatic rings. The smallest absolute Gasteiger partial charge is 0.338 e. The number of halogens is 4. The van der Waals surface area contributed by atoms with Crippen LogP contribution in [0.1, 0.15) is 46.0 Å². The first-order valence-electron chi connectivity index (χ1n) is 11.6. The lowest BCUT2D eigenvalue weighted by molar-refractivity contribution is -0.139. The van der Waals surface area contributed by atoms with E-state index in [2.05, 4.69) is 9.71 Å². The Bertz CT molecular complexity index is 1470. The number of rotatable bonds is 6. The number of likely N-dealkylation sites (tertiary alicyclic amines) is 1. The summed E-state index contributed by atoms with van der Waals surface area (Å²) in [6, 6.07) is 11.5. The molecule has 1 saturated heterocycles. The molecule has 0 radical (unpaired) electrons. The van der Waals surface area contributed by atoms with Crippen LogP contribution in [0.2, 0.25) is 5.15 Å². The third-order valence-corrected chi connectivity index (χ3v) is 8.07. The molecule has 0 spiro atoms. The molecule has 1 aliphatic heterocycles. The molecule has 1 amide bonds. The van der Waals surface area contributed by atoms with Gasteiger partial charge in [0.2, 0.25) is 10.0 Å².